The Morgan fingerprint density at radius 1 is 0.895 bits per heavy atom. The predicted molar refractivity (Wildman–Crippen MR) is 66.6 cm³/mol. The maximum absolute atomic E-state index is 13.0. The number of amides is 1. The number of hydrogen-bond acceptors (Lipinski definition) is 1. The molecule has 110 valence electrons. The number of carbonyl (C=O) groups is 1. The van der Waals surface area contributed by atoms with Gasteiger partial charge in [0, 0.05) is 19.0 Å². The summed E-state index contributed by atoms with van der Waals surface area (Å²) in [5.41, 5.74) is 0. The molecule has 0 aromatic carbocycles. The van der Waals surface area contributed by atoms with E-state index in [0.717, 1.165) is 32.1 Å². The normalized spacial score (nSPS) is 29.9. The van der Waals surface area contributed by atoms with Crippen LogP contribution in [0.1, 0.15) is 51.4 Å². The van der Waals surface area contributed by atoms with E-state index < -0.39 is 18.0 Å². The third-order valence-corrected chi connectivity index (χ3v) is 4.42. The highest BCUT2D eigenvalue weighted by Crippen LogP contribution is 2.42. The van der Waals surface area contributed by atoms with Gasteiger partial charge in [0.05, 0.1) is 5.92 Å². The highest BCUT2D eigenvalue weighted by atomic mass is 19.4. The molecule has 2 nitrogen and oxygen atoms in total. The van der Waals surface area contributed by atoms with E-state index in [4.69, 9.17) is 0 Å². The first-order chi connectivity index (χ1) is 9.00. The van der Waals surface area contributed by atoms with Crippen molar-refractivity contribution < 1.29 is 18.0 Å². The zero-order valence-electron chi connectivity index (χ0n) is 11.2. The Labute approximate surface area is 112 Å². The number of carbonyl (C=O) groups excluding carboxylic acids is 1. The lowest BCUT2D eigenvalue weighted by Gasteiger charge is -2.35. The Hall–Kier alpha value is -0.740. The van der Waals surface area contributed by atoms with E-state index in [1.165, 1.54) is 0 Å². The van der Waals surface area contributed by atoms with Crippen molar-refractivity contribution in [1.29, 1.82) is 0 Å². The SMILES string of the molecule is O=C(C1CCCCC1C(F)(F)F)N1CCCCCC1. The van der Waals surface area contributed by atoms with Crippen molar-refractivity contribution in [2.75, 3.05) is 13.1 Å². The van der Waals surface area contributed by atoms with Gasteiger partial charge in [-0.25, -0.2) is 0 Å². The van der Waals surface area contributed by atoms with Gasteiger partial charge in [-0.2, -0.15) is 13.2 Å². The van der Waals surface area contributed by atoms with Gasteiger partial charge in [0.2, 0.25) is 5.91 Å². The molecule has 0 bridgehead atoms. The number of nitrogens with zero attached hydrogens (tertiary/aromatic N) is 1. The Balaban J connectivity index is 2.06. The molecule has 2 aliphatic rings. The minimum atomic E-state index is -4.23. The zero-order chi connectivity index (χ0) is 13.9. The highest BCUT2D eigenvalue weighted by Gasteiger charge is 2.48. The molecule has 1 saturated heterocycles. The highest BCUT2D eigenvalue weighted by molar-refractivity contribution is 5.79. The van der Waals surface area contributed by atoms with Crippen LogP contribution in [0.5, 0.6) is 0 Å². The average Bonchev–Trinajstić information content (AvgIpc) is 2.66. The van der Waals surface area contributed by atoms with Crippen molar-refractivity contribution in [3.63, 3.8) is 0 Å². The molecular formula is C14H22F3NO. The largest absolute Gasteiger partial charge is 0.392 e. The molecule has 1 heterocycles. The van der Waals surface area contributed by atoms with Crippen molar-refractivity contribution in [2.45, 2.75) is 57.5 Å². The summed E-state index contributed by atoms with van der Waals surface area (Å²) >= 11 is 0. The lowest BCUT2D eigenvalue weighted by atomic mass is 9.78. The molecule has 2 rings (SSSR count). The van der Waals surface area contributed by atoms with Crippen LogP contribution in [0.15, 0.2) is 0 Å². The van der Waals surface area contributed by atoms with Crippen LogP contribution < -0.4 is 0 Å². The first-order valence-electron chi connectivity index (χ1n) is 7.35. The van der Waals surface area contributed by atoms with E-state index in [1.807, 2.05) is 0 Å². The summed E-state index contributed by atoms with van der Waals surface area (Å²) in [6.45, 7) is 1.28. The lowest BCUT2D eigenvalue weighted by molar-refractivity contribution is -0.200. The monoisotopic (exact) mass is 277 g/mol. The van der Waals surface area contributed by atoms with Crippen LogP contribution in [0.2, 0.25) is 0 Å². The second kappa shape index (κ2) is 6.14. The van der Waals surface area contributed by atoms with E-state index in [0.29, 0.717) is 25.9 Å². The van der Waals surface area contributed by atoms with Crippen molar-refractivity contribution in [3.05, 3.63) is 0 Å². The van der Waals surface area contributed by atoms with E-state index in [2.05, 4.69) is 0 Å². The summed E-state index contributed by atoms with van der Waals surface area (Å²) in [4.78, 5) is 14.1. The first-order valence-corrected chi connectivity index (χ1v) is 7.35. The Bertz CT molecular complexity index is 308. The van der Waals surface area contributed by atoms with Gasteiger partial charge in [0.1, 0.15) is 0 Å². The van der Waals surface area contributed by atoms with Crippen molar-refractivity contribution in [1.82, 2.24) is 4.90 Å². The average molecular weight is 277 g/mol. The van der Waals surface area contributed by atoms with E-state index in [9.17, 15) is 18.0 Å². The molecule has 0 aromatic rings. The van der Waals surface area contributed by atoms with E-state index in [1.54, 1.807) is 4.90 Å². The van der Waals surface area contributed by atoms with E-state index in [-0.39, 0.29) is 12.3 Å². The molecule has 0 spiro atoms. The fourth-order valence-electron chi connectivity index (χ4n) is 3.34. The van der Waals surface area contributed by atoms with Gasteiger partial charge in [-0.05, 0) is 25.7 Å². The van der Waals surface area contributed by atoms with Gasteiger partial charge >= 0.3 is 6.18 Å². The number of rotatable bonds is 1. The second-order valence-electron chi connectivity index (χ2n) is 5.78. The quantitative estimate of drug-likeness (QED) is 0.714. The summed E-state index contributed by atoms with van der Waals surface area (Å²) in [5, 5.41) is 0. The zero-order valence-corrected chi connectivity index (χ0v) is 11.2. The van der Waals surface area contributed by atoms with Gasteiger partial charge in [0.15, 0.2) is 0 Å². The molecule has 2 atom stereocenters. The fraction of sp³-hybridized carbons (Fsp3) is 0.929. The van der Waals surface area contributed by atoms with Gasteiger partial charge in [-0.3, -0.25) is 4.79 Å². The minimum Gasteiger partial charge on any atom is -0.342 e. The van der Waals surface area contributed by atoms with Gasteiger partial charge in [-0.15, -0.1) is 0 Å². The molecular weight excluding hydrogens is 255 g/mol. The van der Waals surface area contributed by atoms with E-state index >= 15 is 0 Å². The van der Waals surface area contributed by atoms with Crippen LogP contribution in [0.25, 0.3) is 0 Å². The summed E-state index contributed by atoms with van der Waals surface area (Å²) < 4.78 is 39.1. The first kappa shape index (κ1) is 14.7. The molecule has 0 N–H and O–H groups in total. The second-order valence-corrected chi connectivity index (χ2v) is 5.78. The number of hydrogen-bond donors (Lipinski definition) is 0. The molecule has 19 heavy (non-hydrogen) atoms. The predicted octanol–water partition coefficient (Wildman–Crippen LogP) is 3.76. The van der Waals surface area contributed by atoms with Crippen LogP contribution in [0.4, 0.5) is 13.2 Å². The lowest BCUT2D eigenvalue weighted by Crippen LogP contribution is -2.45. The Kier molecular flexibility index (Phi) is 4.74. The third kappa shape index (κ3) is 3.63. The molecule has 1 aliphatic carbocycles. The van der Waals surface area contributed by atoms with Crippen LogP contribution in [-0.2, 0) is 4.79 Å². The van der Waals surface area contributed by atoms with Gasteiger partial charge in [-0.1, -0.05) is 25.7 Å². The topological polar surface area (TPSA) is 20.3 Å². The number of halogens is 3. The van der Waals surface area contributed by atoms with Crippen LogP contribution in [0.3, 0.4) is 0 Å². The van der Waals surface area contributed by atoms with Crippen molar-refractivity contribution in [2.24, 2.45) is 11.8 Å². The van der Waals surface area contributed by atoms with Gasteiger partial charge < -0.3 is 4.90 Å². The summed E-state index contributed by atoms with van der Waals surface area (Å²) in [6.07, 6.45) is 1.64. The van der Waals surface area contributed by atoms with Crippen LogP contribution >= 0.6 is 0 Å². The molecule has 5 heteroatoms. The summed E-state index contributed by atoms with van der Waals surface area (Å²) in [7, 11) is 0. The summed E-state index contributed by atoms with van der Waals surface area (Å²) in [6, 6.07) is 0. The molecule has 0 radical (unpaired) electrons. The number of likely N-dealkylation sites (tertiary alicyclic amines) is 1. The molecule has 2 fully saturated rings. The fourth-order valence-corrected chi connectivity index (χ4v) is 3.34. The number of alkyl halides is 3. The molecule has 1 saturated carbocycles. The van der Waals surface area contributed by atoms with Crippen molar-refractivity contribution in [3.8, 4) is 0 Å². The van der Waals surface area contributed by atoms with Crippen LogP contribution in [0, 0.1) is 11.8 Å². The minimum absolute atomic E-state index is 0.119. The molecule has 0 aromatic heterocycles. The summed E-state index contributed by atoms with van der Waals surface area (Å²) in [5.74, 6) is -2.49. The standard InChI is InChI=1S/C14H22F3NO/c15-14(16,17)12-8-4-3-7-11(12)13(19)18-9-5-1-2-6-10-18/h11-12H,1-10H2. The Morgan fingerprint density at radius 3 is 2.05 bits per heavy atom. The molecule has 1 aliphatic heterocycles. The molecule has 2 unspecified atom stereocenters. The van der Waals surface area contributed by atoms with Gasteiger partial charge in [0.25, 0.3) is 0 Å². The molecule has 1 amide bonds. The Morgan fingerprint density at radius 2 is 1.47 bits per heavy atom. The van der Waals surface area contributed by atoms with Crippen LogP contribution in [-0.4, -0.2) is 30.1 Å². The smallest absolute Gasteiger partial charge is 0.342 e. The maximum atomic E-state index is 13.0. The third-order valence-electron chi connectivity index (χ3n) is 4.42. The van der Waals surface area contributed by atoms with Crippen molar-refractivity contribution >= 4 is 5.91 Å². The maximum Gasteiger partial charge on any atom is 0.392 e.